The molecule has 0 unspecified atom stereocenters. The highest BCUT2D eigenvalue weighted by atomic mass is 19.4. The maximum atomic E-state index is 13.4. The number of benzene rings is 1. The van der Waals surface area contributed by atoms with E-state index in [0.717, 1.165) is 12.1 Å². The number of hydrogen-bond acceptors (Lipinski definition) is 6. The number of amides is 3. The van der Waals surface area contributed by atoms with Gasteiger partial charge >= 0.3 is 12.2 Å². The Kier molecular flexibility index (Phi) is 5.50. The zero-order valence-corrected chi connectivity index (χ0v) is 19.0. The summed E-state index contributed by atoms with van der Waals surface area (Å²) < 4.78 is 40.3. The van der Waals surface area contributed by atoms with E-state index in [1.54, 1.807) is 25.4 Å². The van der Waals surface area contributed by atoms with Crippen LogP contribution in [0.3, 0.4) is 0 Å². The van der Waals surface area contributed by atoms with Gasteiger partial charge in [-0.05, 0) is 30.3 Å². The third kappa shape index (κ3) is 4.17. The van der Waals surface area contributed by atoms with Crippen LogP contribution in [0.25, 0.3) is 22.3 Å². The van der Waals surface area contributed by atoms with Crippen LogP contribution in [0, 0.1) is 0 Å². The second-order valence-electron chi connectivity index (χ2n) is 8.19. The fourth-order valence-electron chi connectivity index (χ4n) is 3.95. The number of alkyl halides is 3. The van der Waals surface area contributed by atoms with E-state index in [1.807, 2.05) is 0 Å². The van der Waals surface area contributed by atoms with Gasteiger partial charge in [-0.25, -0.2) is 19.7 Å². The molecule has 1 aliphatic heterocycles. The van der Waals surface area contributed by atoms with Crippen molar-refractivity contribution in [2.45, 2.75) is 19.6 Å². The lowest BCUT2D eigenvalue weighted by Crippen LogP contribution is -2.42. The van der Waals surface area contributed by atoms with E-state index in [9.17, 15) is 22.8 Å². The van der Waals surface area contributed by atoms with Crippen LogP contribution in [-0.4, -0.2) is 43.8 Å². The van der Waals surface area contributed by atoms with Gasteiger partial charge in [-0.15, -0.1) is 0 Å². The number of anilines is 3. The maximum Gasteiger partial charge on any atom is 0.416 e. The molecule has 182 valence electrons. The van der Waals surface area contributed by atoms with Crippen LogP contribution in [0.4, 0.5) is 35.3 Å². The van der Waals surface area contributed by atoms with Crippen molar-refractivity contribution in [3.05, 3.63) is 66.1 Å². The van der Waals surface area contributed by atoms with Gasteiger partial charge in [-0.3, -0.25) is 20.0 Å². The Morgan fingerprint density at radius 3 is 2.50 bits per heavy atom. The Morgan fingerprint density at radius 2 is 1.81 bits per heavy atom. The van der Waals surface area contributed by atoms with Crippen molar-refractivity contribution in [2.24, 2.45) is 0 Å². The minimum absolute atomic E-state index is 0.0605. The van der Waals surface area contributed by atoms with Gasteiger partial charge in [0.05, 0.1) is 34.7 Å². The Bertz CT molecular complexity index is 1510. The molecule has 4 aromatic rings. The number of nitrogens with zero attached hydrogens (tertiary/aromatic N) is 6. The third-order valence-electron chi connectivity index (χ3n) is 5.58. The lowest BCUT2D eigenvalue weighted by atomic mass is 10.1. The number of hydrogen-bond donors (Lipinski definition) is 1. The van der Waals surface area contributed by atoms with E-state index in [1.165, 1.54) is 41.2 Å². The number of rotatable bonds is 3. The predicted octanol–water partition coefficient (Wildman–Crippen LogP) is 4.77. The highest BCUT2D eigenvalue weighted by Gasteiger charge is 2.35. The first kappa shape index (κ1) is 23.1. The van der Waals surface area contributed by atoms with Crippen molar-refractivity contribution in [3.8, 4) is 11.3 Å². The topological polar surface area (TPSA) is 104 Å². The molecule has 36 heavy (non-hydrogen) atoms. The summed E-state index contributed by atoms with van der Waals surface area (Å²) in [5.41, 5.74) is 1.98. The van der Waals surface area contributed by atoms with Gasteiger partial charge in [0, 0.05) is 43.7 Å². The van der Waals surface area contributed by atoms with Gasteiger partial charge in [0.1, 0.15) is 5.52 Å². The van der Waals surface area contributed by atoms with Gasteiger partial charge in [-0.2, -0.15) is 13.2 Å². The monoisotopic (exact) mass is 493 g/mol. The average molecular weight is 493 g/mol. The van der Waals surface area contributed by atoms with Gasteiger partial charge in [0.15, 0.2) is 0 Å². The Balaban J connectivity index is 1.67. The normalized spacial score (nSPS) is 13.6. The molecule has 9 nitrogen and oxygen atoms in total. The minimum atomic E-state index is -4.57. The molecule has 3 aromatic heterocycles. The summed E-state index contributed by atoms with van der Waals surface area (Å²) in [7, 11) is 1.56. The molecule has 0 radical (unpaired) electrons. The number of carbonyl (C=O) groups is 2. The molecule has 0 spiro atoms. The molecule has 0 aliphatic carbocycles. The first-order chi connectivity index (χ1) is 17.1. The van der Waals surface area contributed by atoms with E-state index < -0.39 is 17.8 Å². The molecular formula is C24H18F3N7O2. The Labute approximate surface area is 202 Å². The van der Waals surface area contributed by atoms with Crippen molar-refractivity contribution in [3.63, 3.8) is 0 Å². The van der Waals surface area contributed by atoms with E-state index in [-0.39, 0.29) is 24.1 Å². The molecule has 1 aromatic carbocycles. The lowest BCUT2D eigenvalue weighted by molar-refractivity contribution is -0.137. The van der Waals surface area contributed by atoms with Crippen molar-refractivity contribution < 1.29 is 22.8 Å². The van der Waals surface area contributed by atoms with E-state index in [2.05, 4.69) is 20.3 Å². The van der Waals surface area contributed by atoms with Gasteiger partial charge < -0.3 is 4.90 Å². The van der Waals surface area contributed by atoms with Crippen LogP contribution in [0.2, 0.25) is 0 Å². The van der Waals surface area contributed by atoms with Crippen molar-refractivity contribution in [1.82, 2.24) is 24.8 Å². The van der Waals surface area contributed by atoms with Crippen LogP contribution in [0.15, 0.2) is 55.0 Å². The number of pyridine rings is 2. The first-order valence-electron chi connectivity index (χ1n) is 10.7. The number of nitrogens with one attached hydrogen (secondary N) is 1. The average Bonchev–Trinajstić information content (AvgIpc) is 2.84. The number of urea groups is 1. The van der Waals surface area contributed by atoms with Gasteiger partial charge in [0.25, 0.3) is 0 Å². The summed E-state index contributed by atoms with van der Waals surface area (Å²) in [5.74, 6) is -0.177. The fraction of sp³-hybridized carbons (Fsp3) is 0.167. The van der Waals surface area contributed by atoms with Gasteiger partial charge in [0.2, 0.25) is 11.9 Å². The van der Waals surface area contributed by atoms with E-state index in [4.69, 9.17) is 4.98 Å². The Hall–Kier alpha value is -4.61. The number of aromatic nitrogens is 4. The molecule has 0 saturated carbocycles. The molecule has 5 rings (SSSR count). The van der Waals surface area contributed by atoms with Crippen molar-refractivity contribution in [2.75, 3.05) is 17.3 Å². The highest BCUT2D eigenvalue weighted by Crippen LogP contribution is 2.40. The van der Waals surface area contributed by atoms with Crippen LogP contribution in [0.1, 0.15) is 18.1 Å². The Morgan fingerprint density at radius 1 is 1.06 bits per heavy atom. The largest absolute Gasteiger partial charge is 0.416 e. The SMILES string of the molecule is CC(=O)Nc1ncc(-c2ccc3ncc4c(c3n2)N(c2cccc(C(F)(F)F)c2)C(=O)N(C)C4)cn1. The number of halogens is 3. The molecule has 0 atom stereocenters. The summed E-state index contributed by atoms with van der Waals surface area (Å²) in [6, 6.07) is 7.50. The fourth-order valence-corrected chi connectivity index (χ4v) is 3.95. The smallest absolute Gasteiger partial charge is 0.323 e. The summed E-state index contributed by atoms with van der Waals surface area (Å²) in [6.07, 6.45) is -0.00978. The summed E-state index contributed by atoms with van der Waals surface area (Å²) in [4.78, 5) is 44.4. The number of carbonyl (C=O) groups excluding carboxylic acids is 2. The molecule has 12 heteroatoms. The molecule has 1 N–H and O–H groups in total. The van der Waals surface area contributed by atoms with Crippen LogP contribution in [-0.2, 0) is 17.5 Å². The summed E-state index contributed by atoms with van der Waals surface area (Å²) >= 11 is 0. The highest BCUT2D eigenvalue weighted by molar-refractivity contribution is 6.08. The first-order valence-corrected chi connectivity index (χ1v) is 10.7. The van der Waals surface area contributed by atoms with Crippen molar-refractivity contribution in [1.29, 1.82) is 0 Å². The summed E-state index contributed by atoms with van der Waals surface area (Å²) in [6.45, 7) is 1.56. The van der Waals surface area contributed by atoms with E-state index >= 15 is 0 Å². The molecule has 0 fully saturated rings. The molecule has 0 bridgehead atoms. The van der Waals surface area contributed by atoms with Gasteiger partial charge in [-0.1, -0.05) is 6.07 Å². The summed E-state index contributed by atoms with van der Waals surface area (Å²) in [5, 5.41) is 2.48. The quantitative estimate of drug-likeness (QED) is 0.441. The molecular weight excluding hydrogens is 475 g/mol. The van der Waals surface area contributed by atoms with Crippen LogP contribution >= 0.6 is 0 Å². The third-order valence-corrected chi connectivity index (χ3v) is 5.58. The molecule has 3 amide bonds. The van der Waals surface area contributed by atoms with Crippen LogP contribution < -0.4 is 10.2 Å². The van der Waals surface area contributed by atoms with E-state index in [0.29, 0.717) is 33.5 Å². The minimum Gasteiger partial charge on any atom is -0.323 e. The zero-order chi connectivity index (χ0) is 25.6. The van der Waals surface area contributed by atoms with Crippen LogP contribution in [0.5, 0.6) is 0 Å². The second kappa shape index (κ2) is 8.56. The molecule has 1 aliphatic rings. The molecule has 0 saturated heterocycles. The number of fused-ring (bicyclic) bond motifs is 3. The zero-order valence-electron chi connectivity index (χ0n) is 19.0. The molecule has 4 heterocycles. The lowest BCUT2D eigenvalue weighted by Gasteiger charge is -2.35. The standard InChI is InChI=1S/C24H18F3N7O2/c1-13(35)31-22-29-9-14(10-30-22)18-6-7-19-20(32-18)21-15(11-28-19)12-33(2)23(36)34(21)17-5-3-4-16(8-17)24(25,26)27/h3-11H,12H2,1-2H3,(H,29,30,31,35). The predicted molar refractivity (Wildman–Crippen MR) is 125 cm³/mol. The van der Waals surface area contributed by atoms with Crippen molar-refractivity contribution >= 4 is 40.3 Å². The second-order valence-corrected chi connectivity index (χ2v) is 8.19. The maximum absolute atomic E-state index is 13.4.